The van der Waals surface area contributed by atoms with Gasteiger partial charge in [-0.25, -0.2) is 0 Å². The van der Waals surface area contributed by atoms with Crippen molar-refractivity contribution < 1.29 is 4.74 Å². The topological polar surface area (TPSA) is 35.2 Å². The summed E-state index contributed by atoms with van der Waals surface area (Å²) < 4.78 is 5.89. The zero-order valence-corrected chi connectivity index (χ0v) is 13.1. The fraction of sp³-hybridized carbons (Fsp3) is 0.333. The van der Waals surface area contributed by atoms with Crippen molar-refractivity contribution in [3.8, 4) is 5.75 Å². The number of para-hydroxylation sites is 1. The van der Waals surface area contributed by atoms with Crippen LogP contribution in [0.4, 0.5) is 0 Å². The summed E-state index contributed by atoms with van der Waals surface area (Å²) in [5.41, 5.74) is 7.19. The molecule has 0 spiro atoms. The van der Waals surface area contributed by atoms with Crippen molar-refractivity contribution in [2.24, 2.45) is 5.73 Å². The van der Waals surface area contributed by atoms with E-state index < -0.39 is 0 Å². The van der Waals surface area contributed by atoms with E-state index in [4.69, 9.17) is 10.5 Å². The van der Waals surface area contributed by atoms with Crippen molar-refractivity contribution in [1.82, 2.24) is 0 Å². The first-order valence-electron chi connectivity index (χ1n) is 7.34. The first-order valence-corrected chi connectivity index (χ1v) is 7.34. The molecule has 1 unspecified atom stereocenters. The van der Waals surface area contributed by atoms with Gasteiger partial charge in [-0.05, 0) is 43.4 Å². The molecular weight excluding hydrogens is 282 g/mol. The van der Waals surface area contributed by atoms with Crippen LogP contribution in [0.25, 0.3) is 0 Å². The lowest BCUT2D eigenvalue weighted by molar-refractivity contribution is 0.195. The molecule has 0 heterocycles. The van der Waals surface area contributed by atoms with E-state index in [-0.39, 0.29) is 18.5 Å². The molecule has 21 heavy (non-hydrogen) atoms. The molecule has 0 radical (unpaired) electrons. The van der Waals surface area contributed by atoms with E-state index >= 15 is 0 Å². The van der Waals surface area contributed by atoms with Gasteiger partial charge in [-0.2, -0.15) is 0 Å². The van der Waals surface area contributed by atoms with Gasteiger partial charge in [0.15, 0.2) is 0 Å². The molecule has 2 N–H and O–H groups in total. The van der Waals surface area contributed by atoms with E-state index in [0.717, 1.165) is 25.0 Å². The van der Waals surface area contributed by atoms with Crippen molar-refractivity contribution in [2.75, 3.05) is 6.54 Å². The molecule has 0 bridgehead atoms. The van der Waals surface area contributed by atoms with Crippen molar-refractivity contribution in [1.29, 1.82) is 0 Å². The third kappa shape index (κ3) is 6.65. The predicted molar refractivity (Wildman–Crippen MR) is 91.2 cm³/mol. The molecule has 0 aliphatic heterocycles. The SMILES string of the molecule is Cl.NCC(CCCCc1ccccc1)Oc1ccccc1. The summed E-state index contributed by atoms with van der Waals surface area (Å²) in [6, 6.07) is 20.5. The number of halogens is 1. The summed E-state index contributed by atoms with van der Waals surface area (Å²) in [6.07, 6.45) is 4.58. The Morgan fingerprint density at radius 1 is 0.857 bits per heavy atom. The molecule has 0 fully saturated rings. The van der Waals surface area contributed by atoms with Gasteiger partial charge in [0.05, 0.1) is 0 Å². The Bertz CT molecular complexity index is 475. The molecule has 2 aromatic carbocycles. The standard InChI is InChI=1S/C18H23NO.ClH/c19-15-18(20-17-12-5-2-6-13-17)14-8-7-11-16-9-3-1-4-10-16;/h1-6,9-10,12-13,18H,7-8,11,14-15,19H2;1H. The fourth-order valence-corrected chi connectivity index (χ4v) is 2.26. The van der Waals surface area contributed by atoms with Gasteiger partial charge in [-0.3, -0.25) is 0 Å². The third-order valence-electron chi connectivity index (χ3n) is 3.39. The zero-order chi connectivity index (χ0) is 14.0. The summed E-state index contributed by atoms with van der Waals surface area (Å²) in [4.78, 5) is 0. The number of benzene rings is 2. The van der Waals surface area contributed by atoms with E-state index in [1.165, 1.54) is 12.0 Å². The van der Waals surface area contributed by atoms with E-state index in [1.807, 2.05) is 30.3 Å². The second-order valence-corrected chi connectivity index (χ2v) is 5.02. The average molecular weight is 306 g/mol. The molecule has 2 rings (SSSR count). The first kappa shape index (κ1) is 17.5. The molecule has 0 aliphatic carbocycles. The van der Waals surface area contributed by atoms with Crippen LogP contribution in [-0.4, -0.2) is 12.6 Å². The predicted octanol–water partition coefficient (Wildman–Crippen LogP) is 4.23. The number of hydrogen-bond acceptors (Lipinski definition) is 2. The smallest absolute Gasteiger partial charge is 0.119 e. The Labute approximate surface area is 133 Å². The third-order valence-corrected chi connectivity index (χ3v) is 3.39. The van der Waals surface area contributed by atoms with Crippen molar-refractivity contribution >= 4 is 12.4 Å². The molecule has 1 atom stereocenters. The molecule has 0 saturated heterocycles. The summed E-state index contributed by atoms with van der Waals surface area (Å²) in [7, 11) is 0. The van der Waals surface area contributed by atoms with E-state index in [1.54, 1.807) is 0 Å². The number of rotatable bonds is 8. The number of hydrogen-bond donors (Lipinski definition) is 1. The highest BCUT2D eigenvalue weighted by Crippen LogP contribution is 2.14. The van der Waals surface area contributed by atoms with Crippen LogP contribution >= 0.6 is 12.4 Å². The van der Waals surface area contributed by atoms with E-state index in [0.29, 0.717) is 6.54 Å². The van der Waals surface area contributed by atoms with Crippen LogP contribution in [0, 0.1) is 0 Å². The molecule has 0 aliphatic rings. The highest BCUT2D eigenvalue weighted by molar-refractivity contribution is 5.85. The van der Waals surface area contributed by atoms with Gasteiger partial charge in [-0.15, -0.1) is 12.4 Å². The van der Waals surface area contributed by atoms with Crippen molar-refractivity contribution in [3.05, 3.63) is 66.2 Å². The number of nitrogens with two attached hydrogens (primary N) is 1. The van der Waals surface area contributed by atoms with Gasteiger partial charge < -0.3 is 10.5 Å². The minimum absolute atomic E-state index is 0. The summed E-state index contributed by atoms with van der Waals surface area (Å²) in [5.74, 6) is 0.908. The van der Waals surface area contributed by atoms with E-state index in [2.05, 4.69) is 30.3 Å². The van der Waals surface area contributed by atoms with Gasteiger partial charge in [-0.1, -0.05) is 48.5 Å². The minimum atomic E-state index is 0. The molecule has 2 nitrogen and oxygen atoms in total. The molecule has 3 heteroatoms. The largest absolute Gasteiger partial charge is 0.489 e. The van der Waals surface area contributed by atoms with Gasteiger partial charge in [0.2, 0.25) is 0 Å². The lowest BCUT2D eigenvalue weighted by Gasteiger charge is -2.17. The van der Waals surface area contributed by atoms with Crippen LogP contribution in [0.1, 0.15) is 24.8 Å². The second-order valence-electron chi connectivity index (χ2n) is 5.02. The highest BCUT2D eigenvalue weighted by Gasteiger charge is 2.07. The molecule has 0 amide bonds. The van der Waals surface area contributed by atoms with Crippen LogP contribution in [0.2, 0.25) is 0 Å². The lowest BCUT2D eigenvalue weighted by Crippen LogP contribution is -2.26. The Morgan fingerprint density at radius 3 is 2.10 bits per heavy atom. The molecule has 0 saturated carbocycles. The van der Waals surface area contributed by atoms with Gasteiger partial charge in [0.1, 0.15) is 11.9 Å². The first-order chi connectivity index (χ1) is 9.88. The van der Waals surface area contributed by atoms with Crippen LogP contribution in [0.15, 0.2) is 60.7 Å². The van der Waals surface area contributed by atoms with Gasteiger partial charge in [0, 0.05) is 6.54 Å². The molecule has 0 aromatic heterocycles. The Balaban J connectivity index is 0.00000220. The van der Waals surface area contributed by atoms with Crippen LogP contribution in [0.5, 0.6) is 5.75 Å². The van der Waals surface area contributed by atoms with Crippen LogP contribution in [0.3, 0.4) is 0 Å². The fourth-order valence-electron chi connectivity index (χ4n) is 2.26. The lowest BCUT2D eigenvalue weighted by atomic mass is 10.1. The van der Waals surface area contributed by atoms with Crippen molar-refractivity contribution in [3.63, 3.8) is 0 Å². The summed E-state index contributed by atoms with van der Waals surface area (Å²) >= 11 is 0. The monoisotopic (exact) mass is 305 g/mol. The maximum atomic E-state index is 5.89. The minimum Gasteiger partial charge on any atom is -0.489 e. The van der Waals surface area contributed by atoms with Crippen LogP contribution < -0.4 is 10.5 Å². The molecular formula is C18H24ClNO. The summed E-state index contributed by atoms with van der Waals surface area (Å²) in [5, 5.41) is 0. The second kappa shape index (κ2) is 10.3. The zero-order valence-electron chi connectivity index (χ0n) is 12.3. The Morgan fingerprint density at radius 2 is 1.48 bits per heavy atom. The molecule has 2 aromatic rings. The van der Waals surface area contributed by atoms with Gasteiger partial charge in [0.25, 0.3) is 0 Å². The number of aryl methyl sites for hydroxylation is 1. The Kier molecular flexibility index (Phi) is 8.56. The maximum Gasteiger partial charge on any atom is 0.119 e. The average Bonchev–Trinajstić information content (AvgIpc) is 2.52. The van der Waals surface area contributed by atoms with E-state index in [9.17, 15) is 0 Å². The Hall–Kier alpha value is -1.51. The number of ether oxygens (including phenoxy) is 1. The normalized spacial score (nSPS) is 11.5. The van der Waals surface area contributed by atoms with Gasteiger partial charge >= 0.3 is 0 Å². The quantitative estimate of drug-likeness (QED) is 0.741. The number of unbranched alkanes of at least 4 members (excludes halogenated alkanes) is 1. The van der Waals surface area contributed by atoms with Crippen molar-refractivity contribution in [2.45, 2.75) is 31.8 Å². The van der Waals surface area contributed by atoms with Crippen LogP contribution in [-0.2, 0) is 6.42 Å². The highest BCUT2D eigenvalue weighted by atomic mass is 35.5. The summed E-state index contributed by atoms with van der Waals surface area (Å²) in [6.45, 7) is 0.570. The maximum absolute atomic E-state index is 5.89. The molecule has 114 valence electrons.